The van der Waals surface area contributed by atoms with Crippen molar-refractivity contribution in [1.29, 1.82) is 0 Å². The van der Waals surface area contributed by atoms with Gasteiger partial charge in [-0.15, -0.1) is 0 Å². The highest BCUT2D eigenvalue weighted by Crippen LogP contribution is 2.61. The summed E-state index contributed by atoms with van der Waals surface area (Å²) < 4.78 is 18.8. The van der Waals surface area contributed by atoms with E-state index < -0.39 is 58.0 Å². The van der Waals surface area contributed by atoms with Gasteiger partial charge < -0.3 is 29.5 Å². The molecule has 0 aromatic rings. The molecule has 2 aliphatic carbocycles. The number of aliphatic hydroxyl groups is 3. The summed E-state index contributed by atoms with van der Waals surface area (Å²) in [5.74, 6) is -2.59. The van der Waals surface area contributed by atoms with Gasteiger partial charge in [-0.1, -0.05) is 34.1 Å². The Balaban J connectivity index is 1.80. The van der Waals surface area contributed by atoms with E-state index in [1.165, 1.54) is 19.9 Å². The highest BCUT2D eigenvalue weighted by atomic mass is 16.5. The van der Waals surface area contributed by atoms with Gasteiger partial charge in [0.1, 0.15) is 23.2 Å². The fourth-order valence-electron chi connectivity index (χ4n) is 8.36. The number of carbonyl (C=O) groups is 3. The molecule has 2 heterocycles. The molecule has 10 atom stereocenters. The van der Waals surface area contributed by atoms with Crippen LogP contribution in [0.15, 0.2) is 23.0 Å². The van der Waals surface area contributed by atoms with E-state index in [1.54, 1.807) is 20.8 Å². The third kappa shape index (κ3) is 5.39. The molecule has 2 fully saturated rings. The van der Waals surface area contributed by atoms with Gasteiger partial charge in [-0.2, -0.15) is 0 Å². The highest BCUT2D eigenvalue weighted by Gasteiger charge is 2.66. The van der Waals surface area contributed by atoms with Crippen molar-refractivity contribution in [3.63, 3.8) is 0 Å². The van der Waals surface area contributed by atoms with E-state index in [0.717, 1.165) is 0 Å². The van der Waals surface area contributed by atoms with Crippen LogP contribution in [0.25, 0.3) is 0 Å². The molecule has 4 rings (SSSR count). The zero-order chi connectivity index (χ0) is 31.6. The quantitative estimate of drug-likeness (QED) is 0.359. The minimum absolute atomic E-state index is 0.0313. The fraction of sp³-hybridized carbons (Fsp3) is 0.788. The number of esters is 1. The van der Waals surface area contributed by atoms with Crippen molar-refractivity contribution in [3.8, 4) is 0 Å². The Bertz CT molecular complexity index is 1180. The number of aliphatic hydroxyl groups excluding tert-OH is 1. The van der Waals surface area contributed by atoms with Crippen LogP contribution in [0.2, 0.25) is 0 Å². The summed E-state index contributed by atoms with van der Waals surface area (Å²) >= 11 is 0. The third-order valence-corrected chi connectivity index (χ3v) is 10.7. The van der Waals surface area contributed by atoms with Gasteiger partial charge in [0.15, 0.2) is 11.4 Å². The second kappa shape index (κ2) is 11.1. The van der Waals surface area contributed by atoms with E-state index in [2.05, 4.69) is 0 Å². The van der Waals surface area contributed by atoms with E-state index in [1.807, 2.05) is 27.7 Å². The molecule has 4 aliphatic rings. The third-order valence-electron chi connectivity index (χ3n) is 10.7. The van der Waals surface area contributed by atoms with Gasteiger partial charge in [-0.3, -0.25) is 14.4 Å². The number of hydrogen-bond donors (Lipinski definition) is 3. The molecule has 0 amide bonds. The number of carbonyl (C=O) groups excluding carboxylic acids is 3. The van der Waals surface area contributed by atoms with Crippen molar-refractivity contribution < 1.29 is 43.9 Å². The van der Waals surface area contributed by atoms with Gasteiger partial charge in [0, 0.05) is 30.6 Å². The van der Waals surface area contributed by atoms with Gasteiger partial charge in [-0.25, -0.2) is 0 Å². The number of fused-ring (bicyclic) bond motifs is 3. The summed E-state index contributed by atoms with van der Waals surface area (Å²) in [6, 6.07) is 0. The van der Waals surface area contributed by atoms with Gasteiger partial charge >= 0.3 is 5.97 Å². The van der Waals surface area contributed by atoms with Crippen LogP contribution in [0.4, 0.5) is 0 Å². The largest absolute Gasteiger partial charge is 0.487 e. The molecular formula is C33H50O9. The minimum atomic E-state index is -2.00. The van der Waals surface area contributed by atoms with Crippen LogP contribution in [0, 0.1) is 23.2 Å². The van der Waals surface area contributed by atoms with Crippen LogP contribution in [-0.4, -0.2) is 74.1 Å². The van der Waals surface area contributed by atoms with Crippen molar-refractivity contribution in [2.75, 3.05) is 0 Å². The maximum absolute atomic E-state index is 13.9. The molecule has 9 nitrogen and oxygen atoms in total. The Kier molecular flexibility index (Phi) is 8.70. The van der Waals surface area contributed by atoms with Crippen molar-refractivity contribution in [1.82, 2.24) is 0 Å². The molecule has 0 radical (unpaired) electrons. The predicted molar refractivity (Wildman–Crippen MR) is 155 cm³/mol. The lowest BCUT2D eigenvalue weighted by molar-refractivity contribution is -0.265. The first-order valence-electron chi connectivity index (χ1n) is 15.4. The second-order valence-corrected chi connectivity index (χ2v) is 14.4. The fourth-order valence-corrected chi connectivity index (χ4v) is 8.36. The van der Waals surface area contributed by atoms with E-state index in [9.17, 15) is 29.7 Å². The molecule has 42 heavy (non-hydrogen) atoms. The summed E-state index contributed by atoms with van der Waals surface area (Å²) in [6.45, 7) is 15.8. The first-order valence-corrected chi connectivity index (χ1v) is 15.4. The molecule has 1 saturated carbocycles. The monoisotopic (exact) mass is 590 g/mol. The Labute approximate surface area is 249 Å². The summed E-state index contributed by atoms with van der Waals surface area (Å²) in [4.78, 5) is 38.6. The summed E-state index contributed by atoms with van der Waals surface area (Å²) in [5.41, 5.74) is -4.33. The summed E-state index contributed by atoms with van der Waals surface area (Å²) in [6.07, 6.45) is 1.42. The standard InChI is InChI=1S/C33H50O9/c1-10-17(2)27(40-20(5)35)19(4)21-15-22(36)25-26(37)28-31(8)13-11-23(30(6,7)38)41-24(31)12-14-32(28,9)42-29(25)33(21,39)16-18(3)34/h15,17,19,23-24,26-28,37-39H,10-14,16H2,1-9H3. The normalized spacial score (nSPS) is 38.7. The van der Waals surface area contributed by atoms with Crippen molar-refractivity contribution in [3.05, 3.63) is 23.0 Å². The van der Waals surface area contributed by atoms with Crippen molar-refractivity contribution >= 4 is 17.5 Å². The SMILES string of the molecule is CCC(C)C(OC(C)=O)C(C)C1=CC(=O)C2=C(OC3(C)CCC4OC(C(C)(C)O)CCC4(C)C3C2O)C1(O)CC(C)=O. The Morgan fingerprint density at radius 1 is 1.17 bits per heavy atom. The second-order valence-electron chi connectivity index (χ2n) is 14.4. The zero-order valence-electron chi connectivity index (χ0n) is 26.7. The zero-order valence-corrected chi connectivity index (χ0v) is 26.7. The van der Waals surface area contributed by atoms with Crippen molar-refractivity contribution in [2.45, 2.75) is 142 Å². The van der Waals surface area contributed by atoms with Crippen LogP contribution >= 0.6 is 0 Å². The average molecular weight is 591 g/mol. The lowest BCUT2D eigenvalue weighted by atomic mass is 9.52. The Morgan fingerprint density at radius 3 is 2.36 bits per heavy atom. The van der Waals surface area contributed by atoms with Crippen LogP contribution < -0.4 is 0 Å². The van der Waals surface area contributed by atoms with Gasteiger partial charge in [0.25, 0.3) is 0 Å². The molecule has 0 aromatic heterocycles. The predicted octanol–water partition coefficient (Wildman–Crippen LogP) is 3.96. The van der Waals surface area contributed by atoms with Crippen LogP contribution in [0.3, 0.4) is 0 Å². The van der Waals surface area contributed by atoms with Crippen LogP contribution in [0.1, 0.15) is 101 Å². The van der Waals surface area contributed by atoms with Gasteiger partial charge in [0.05, 0.1) is 29.5 Å². The Morgan fingerprint density at radius 2 is 1.81 bits per heavy atom. The summed E-state index contributed by atoms with van der Waals surface area (Å²) in [5, 5.41) is 35.1. The topological polar surface area (TPSA) is 140 Å². The number of hydrogen-bond acceptors (Lipinski definition) is 9. The molecule has 0 spiro atoms. The first-order chi connectivity index (χ1) is 19.3. The molecule has 236 valence electrons. The van der Waals surface area contributed by atoms with Crippen LogP contribution in [-0.2, 0) is 28.6 Å². The number of rotatable bonds is 8. The van der Waals surface area contributed by atoms with Gasteiger partial charge in [-0.05, 0) is 70.9 Å². The highest BCUT2D eigenvalue weighted by molar-refractivity contribution is 6.08. The van der Waals surface area contributed by atoms with E-state index >= 15 is 0 Å². The van der Waals surface area contributed by atoms with E-state index in [4.69, 9.17) is 14.2 Å². The van der Waals surface area contributed by atoms with E-state index in [-0.39, 0.29) is 47.2 Å². The summed E-state index contributed by atoms with van der Waals surface area (Å²) in [7, 11) is 0. The first kappa shape index (κ1) is 32.8. The maximum atomic E-state index is 13.9. The number of Topliss-reactive ketones (excluding diaryl/α,β-unsaturated/α-hetero) is 1. The molecular weight excluding hydrogens is 540 g/mol. The molecule has 2 aliphatic heterocycles. The van der Waals surface area contributed by atoms with Crippen molar-refractivity contribution in [2.24, 2.45) is 23.2 Å². The lowest BCUT2D eigenvalue weighted by Crippen LogP contribution is -2.67. The molecule has 1 saturated heterocycles. The molecule has 0 aromatic carbocycles. The molecule has 9 heteroatoms. The smallest absolute Gasteiger partial charge is 0.302 e. The Hall–Kier alpha value is -2.07. The molecule has 0 bridgehead atoms. The minimum Gasteiger partial charge on any atom is -0.487 e. The van der Waals surface area contributed by atoms with E-state index in [0.29, 0.717) is 32.1 Å². The number of ketones is 2. The maximum Gasteiger partial charge on any atom is 0.302 e. The lowest BCUT2D eigenvalue weighted by Gasteiger charge is -2.62. The number of allylic oxidation sites excluding steroid dienone is 1. The molecule has 3 N–H and O–H groups in total. The number of ether oxygens (including phenoxy) is 3. The van der Waals surface area contributed by atoms with Gasteiger partial charge in [0.2, 0.25) is 0 Å². The van der Waals surface area contributed by atoms with Crippen LogP contribution in [0.5, 0.6) is 0 Å². The molecule has 10 unspecified atom stereocenters. The average Bonchev–Trinajstić information content (AvgIpc) is 2.86.